The van der Waals surface area contributed by atoms with Gasteiger partial charge in [0.05, 0.1) is 23.9 Å². The molecule has 9 nitrogen and oxygen atoms in total. The van der Waals surface area contributed by atoms with Crippen LogP contribution in [0, 0.1) is 17.0 Å². The van der Waals surface area contributed by atoms with Gasteiger partial charge in [0.1, 0.15) is 6.61 Å². The van der Waals surface area contributed by atoms with Gasteiger partial charge >= 0.3 is 0 Å². The Balaban J connectivity index is 1.25. The second kappa shape index (κ2) is 13.2. The number of benzene rings is 4. The van der Waals surface area contributed by atoms with E-state index in [4.69, 9.17) is 9.47 Å². The first-order valence-corrected chi connectivity index (χ1v) is 14.0. The number of rotatable bonds is 10. The Labute approximate surface area is 256 Å². The van der Waals surface area contributed by atoms with E-state index in [2.05, 4.69) is 55.3 Å². The van der Waals surface area contributed by atoms with Gasteiger partial charge < -0.3 is 14.0 Å². The molecule has 0 spiro atoms. The maximum absolute atomic E-state index is 12.8. The third-order valence-corrected chi connectivity index (χ3v) is 7.39. The van der Waals surface area contributed by atoms with E-state index in [1.165, 1.54) is 25.5 Å². The predicted octanol–water partition coefficient (Wildman–Crippen LogP) is 7.47. The van der Waals surface area contributed by atoms with E-state index in [9.17, 15) is 14.9 Å². The number of nitro benzene ring substituents is 1. The van der Waals surface area contributed by atoms with Gasteiger partial charge in [-0.2, -0.15) is 5.10 Å². The van der Waals surface area contributed by atoms with E-state index < -0.39 is 4.92 Å². The summed E-state index contributed by atoms with van der Waals surface area (Å²) in [5.74, 6) is 0.526. The summed E-state index contributed by atoms with van der Waals surface area (Å²) in [5, 5.41) is 15.2. The lowest BCUT2D eigenvalue weighted by molar-refractivity contribution is -0.384. The molecule has 0 unspecified atom stereocenters. The van der Waals surface area contributed by atoms with Crippen LogP contribution in [-0.4, -0.2) is 28.7 Å². The van der Waals surface area contributed by atoms with Crippen LogP contribution in [0.1, 0.15) is 27.2 Å². The van der Waals surface area contributed by atoms with E-state index in [0.29, 0.717) is 32.7 Å². The van der Waals surface area contributed by atoms with Crippen LogP contribution in [0.25, 0.3) is 16.9 Å². The Kier molecular flexibility index (Phi) is 8.97. The maximum atomic E-state index is 12.8. The number of halogens is 1. The van der Waals surface area contributed by atoms with Crippen molar-refractivity contribution in [1.82, 2.24) is 9.99 Å². The number of methoxy groups -OCH3 is 1. The minimum absolute atomic E-state index is 0.00742. The normalized spacial score (nSPS) is 11.0. The van der Waals surface area contributed by atoms with Crippen molar-refractivity contribution >= 4 is 33.7 Å². The molecule has 5 aromatic rings. The first-order chi connectivity index (χ1) is 20.8. The monoisotopic (exact) mass is 638 g/mol. The van der Waals surface area contributed by atoms with Crippen molar-refractivity contribution in [1.29, 1.82) is 0 Å². The smallest absolute Gasteiger partial charge is 0.271 e. The second-order valence-electron chi connectivity index (χ2n) is 9.55. The fourth-order valence-electron chi connectivity index (χ4n) is 4.55. The van der Waals surface area contributed by atoms with Crippen molar-refractivity contribution in [2.45, 2.75) is 13.5 Å². The molecule has 216 valence electrons. The Morgan fingerprint density at radius 3 is 2.47 bits per heavy atom. The number of nitro groups is 1. The van der Waals surface area contributed by atoms with Crippen LogP contribution in [0.15, 0.2) is 113 Å². The van der Waals surface area contributed by atoms with E-state index in [-0.39, 0.29) is 18.2 Å². The van der Waals surface area contributed by atoms with Crippen LogP contribution in [0.4, 0.5) is 5.69 Å². The highest BCUT2D eigenvalue weighted by molar-refractivity contribution is 9.10. The molecule has 43 heavy (non-hydrogen) atoms. The number of carbonyl (C=O) groups is 1. The van der Waals surface area contributed by atoms with Crippen LogP contribution in [0.5, 0.6) is 11.5 Å². The zero-order valence-electron chi connectivity index (χ0n) is 23.4. The van der Waals surface area contributed by atoms with Crippen molar-refractivity contribution < 1.29 is 19.2 Å². The van der Waals surface area contributed by atoms with E-state index in [1.54, 1.807) is 36.4 Å². The van der Waals surface area contributed by atoms with Gasteiger partial charge in [0.25, 0.3) is 11.6 Å². The fourth-order valence-corrected chi connectivity index (χ4v) is 4.97. The summed E-state index contributed by atoms with van der Waals surface area (Å²) in [4.78, 5) is 23.4. The number of nitrogens with zero attached hydrogens (tertiary/aromatic N) is 3. The van der Waals surface area contributed by atoms with E-state index in [1.807, 2.05) is 37.3 Å². The Bertz CT molecular complexity index is 1800. The zero-order valence-corrected chi connectivity index (χ0v) is 24.9. The van der Waals surface area contributed by atoms with Crippen LogP contribution in [0.3, 0.4) is 0 Å². The maximum Gasteiger partial charge on any atom is 0.271 e. The molecule has 4 aromatic carbocycles. The summed E-state index contributed by atoms with van der Waals surface area (Å²) < 4.78 is 14.1. The third-order valence-electron chi connectivity index (χ3n) is 6.70. The number of ether oxygens (including phenoxy) is 2. The number of amides is 1. The topological polar surface area (TPSA) is 108 Å². The largest absolute Gasteiger partial charge is 0.493 e. The molecule has 1 N–H and O–H groups in total. The lowest BCUT2D eigenvalue weighted by Gasteiger charge is -2.13. The molecule has 0 fully saturated rings. The lowest BCUT2D eigenvalue weighted by atomic mass is 10.1. The second-order valence-corrected chi connectivity index (χ2v) is 10.4. The molecule has 5 rings (SSSR count). The predicted molar refractivity (Wildman–Crippen MR) is 169 cm³/mol. The van der Waals surface area contributed by atoms with Gasteiger partial charge in [0.2, 0.25) is 0 Å². The first kappa shape index (κ1) is 29.3. The van der Waals surface area contributed by atoms with Crippen LogP contribution in [-0.2, 0) is 6.61 Å². The van der Waals surface area contributed by atoms with Gasteiger partial charge in [0.15, 0.2) is 11.5 Å². The van der Waals surface area contributed by atoms with Gasteiger partial charge in [-0.05, 0) is 82.5 Å². The van der Waals surface area contributed by atoms with Gasteiger partial charge in [-0.25, -0.2) is 5.43 Å². The third kappa shape index (κ3) is 6.82. The van der Waals surface area contributed by atoms with Crippen molar-refractivity contribution in [2.24, 2.45) is 5.10 Å². The van der Waals surface area contributed by atoms with Crippen LogP contribution < -0.4 is 14.9 Å². The number of nitrogens with one attached hydrogen (secondary N) is 1. The molecule has 1 aromatic heterocycles. The molecule has 10 heteroatoms. The Morgan fingerprint density at radius 2 is 1.74 bits per heavy atom. The lowest BCUT2D eigenvalue weighted by Crippen LogP contribution is -2.17. The average molecular weight is 640 g/mol. The van der Waals surface area contributed by atoms with Crippen LogP contribution >= 0.6 is 15.9 Å². The van der Waals surface area contributed by atoms with Crippen molar-refractivity contribution in [3.63, 3.8) is 0 Å². The number of hydrogen-bond donors (Lipinski definition) is 1. The number of hydrogen-bond acceptors (Lipinski definition) is 6. The van der Waals surface area contributed by atoms with E-state index >= 15 is 0 Å². The van der Waals surface area contributed by atoms with Crippen molar-refractivity contribution in [3.8, 4) is 28.4 Å². The highest BCUT2D eigenvalue weighted by Crippen LogP contribution is 2.34. The Morgan fingerprint density at radius 1 is 0.977 bits per heavy atom. The van der Waals surface area contributed by atoms with Gasteiger partial charge in [-0.1, -0.05) is 42.5 Å². The minimum Gasteiger partial charge on any atom is -0.493 e. The van der Waals surface area contributed by atoms with E-state index in [0.717, 1.165) is 22.6 Å². The molecule has 1 amide bonds. The summed E-state index contributed by atoms with van der Waals surface area (Å²) in [5.41, 5.74) is 8.53. The average Bonchev–Trinajstić information content (AvgIpc) is 3.42. The SMILES string of the molecule is COc1cc(/C=N/NC(=O)c2ccc(-n3c(C)ccc3-c3ccccc3)cc2)c(Br)cc1OCc1cccc([N+](=O)[O-])c1. The quantitative estimate of drug-likeness (QED) is 0.0969. The summed E-state index contributed by atoms with van der Waals surface area (Å²) in [6, 6.07) is 31.3. The number of carbonyl (C=O) groups excluding carboxylic acids is 1. The van der Waals surface area contributed by atoms with Crippen LogP contribution in [0.2, 0.25) is 0 Å². The molecule has 0 saturated heterocycles. The van der Waals surface area contributed by atoms with Crippen molar-refractivity contribution in [3.05, 3.63) is 140 Å². The first-order valence-electron chi connectivity index (χ1n) is 13.3. The summed E-state index contributed by atoms with van der Waals surface area (Å²) in [6.45, 7) is 2.16. The number of aromatic nitrogens is 1. The summed E-state index contributed by atoms with van der Waals surface area (Å²) in [7, 11) is 1.51. The summed E-state index contributed by atoms with van der Waals surface area (Å²) in [6.07, 6.45) is 1.50. The number of hydrazone groups is 1. The molecule has 0 saturated carbocycles. The standard InChI is InChI=1S/C33H27BrN4O5/c1-22-11-16-30(24-8-4-3-5-9-24)37(22)27-14-12-25(13-15-27)33(39)36-35-20-26-18-31(42-2)32(19-29(26)34)43-21-23-7-6-10-28(17-23)38(40)41/h3-20H,21H2,1-2H3,(H,36,39)/b35-20+. The molecule has 1 heterocycles. The molecule has 0 aliphatic heterocycles. The molecule has 0 aliphatic rings. The van der Waals surface area contributed by atoms with Crippen molar-refractivity contribution in [2.75, 3.05) is 7.11 Å². The van der Waals surface area contributed by atoms with Gasteiger partial charge in [0, 0.05) is 39.1 Å². The summed E-state index contributed by atoms with van der Waals surface area (Å²) >= 11 is 3.50. The number of non-ortho nitro benzene ring substituents is 1. The molecule has 0 radical (unpaired) electrons. The number of aryl methyl sites for hydroxylation is 1. The zero-order chi connectivity index (χ0) is 30.3. The molecule has 0 bridgehead atoms. The molecule has 0 aliphatic carbocycles. The highest BCUT2D eigenvalue weighted by Gasteiger charge is 2.13. The van der Waals surface area contributed by atoms with Gasteiger partial charge in [-0.15, -0.1) is 0 Å². The fraction of sp³-hybridized carbons (Fsp3) is 0.0909. The molecular formula is C33H27BrN4O5. The highest BCUT2D eigenvalue weighted by atomic mass is 79.9. The molecular weight excluding hydrogens is 612 g/mol. The molecule has 0 atom stereocenters. The Hall–Kier alpha value is -5.22. The minimum atomic E-state index is -0.450. The van der Waals surface area contributed by atoms with Gasteiger partial charge in [-0.3, -0.25) is 14.9 Å².